The lowest BCUT2D eigenvalue weighted by Crippen LogP contribution is -2.36. The third-order valence-corrected chi connectivity index (χ3v) is 2.42. The number of carboxylic acid groups (broad SMARTS) is 1. The van der Waals surface area contributed by atoms with Crippen LogP contribution in [0.2, 0.25) is 0 Å². The Morgan fingerprint density at radius 3 is 2.10 bits per heavy atom. The summed E-state index contributed by atoms with van der Waals surface area (Å²) < 4.78 is 65.6. The molecule has 0 saturated carbocycles. The minimum absolute atomic E-state index is 0.0148. The van der Waals surface area contributed by atoms with E-state index in [2.05, 4.69) is 0 Å². The molecule has 0 spiro atoms. The fraction of sp³-hybridized carbons (Fsp3) is 0.417. The van der Waals surface area contributed by atoms with Crippen molar-refractivity contribution in [3.8, 4) is 5.75 Å². The number of halogens is 5. The van der Waals surface area contributed by atoms with E-state index in [0.717, 1.165) is 0 Å². The monoisotopic (exact) mass is 298 g/mol. The fourth-order valence-corrected chi connectivity index (χ4v) is 1.32. The zero-order valence-electron chi connectivity index (χ0n) is 10.1. The molecule has 0 aromatic heterocycles. The van der Waals surface area contributed by atoms with Gasteiger partial charge in [-0.25, -0.2) is 4.79 Å². The summed E-state index contributed by atoms with van der Waals surface area (Å²) in [7, 11) is 0. The van der Waals surface area contributed by atoms with Crippen LogP contribution < -0.4 is 4.74 Å². The normalized spacial score (nSPS) is 12.2. The van der Waals surface area contributed by atoms with Crippen LogP contribution >= 0.6 is 0 Å². The first kappa shape index (κ1) is 16.2. The van der Waals surface area contributed by atoms with Gasteiger partial charge in [-0.05, 0) is 30.7 Å². The van der Waals surface area contributed by atoms with Gasteiger partial charge in [0.15, 0.2) is 0 Å². The molecule has 0 saturated heterocycles. The highest BCUT2D eigenvalue weighted by atomic mass is 19.4. The number of ether oxygens (including phenoxy) is 1. The number of alkyl halides is 5. The van der Waals surface area contributed by atoms with Crippen LogP contribution in [0.3, 0.4) is 0 Å². The molecule has 0 fully saturated rings. The average molecular weight is 298 g/mol. The van der Waals surface area contributed by atoms with Gasteiger partial charge < -0.3 is 9.84 Å². The van der Waals surface area contributed by atoms with E-state index >= 15 is 0 Å². The first-order valence-electron chi connectivity index (χ1n) is 5.54. The van der Waals surface area contributed by atoms with Crippen molar-refractivity contribution in [3.05, 3.63) is 29.8 Å². The number of carboxylic acids is 1. The largest absolute Gasteiger partial charge is 0.494 e. The summed E-state index contributed by atoms with van der Waals surface area (Å²) in [5, 5.41) is 8.62. The molecule has 20 heavy (non-hydrogen) atoms. The van der Waals surface area contributed by atoms with E-state index in [-0.39, 0.29) is 17.9 Å². The number of hydrogen-bond acceptors (Lipinski definition) is 2. The summed E-state index contributed by atoms with van der Waals surface area (Å²) in [5.41, 5.74) is 0.0148. The van der Waals surface area contributed by atoms with Crippen LogP contribution in [-0.2, 0) is 0 Å². The molecule has 0 amide bonds. The van der Waals surface area contributed by atoms with Gasteiger partial charge in [-0.1, -0.05) is 0 Å². The maximum absolute atomic E-state index is 12.6. The number of benzene rings is 1. The molecule has 0 unspecified atom stereocenters. The molecular weight excluding hydrogens is 287 g/mol. The van der Waals surface area contributed by atoms with Gasteiger partial charge in [0.05, 0.1) is 12.2 Å². The van der Waals surface area contributed by atoms with Crippen LogP contribution in [0.1, 0.15) is 23.2 Å². The van der Waals surface area contributed by atoms with Crippen LogP contribution in [0, 0.1) is 0 Å². The van der Waals surface area contributed by atoms with Gasteiger partial charge >= 0.3 is 18.1 Å². The summed E-state index contributed by atoms with van der Waals surface area (Å²) in [6.45, 7) is -0.321. The zero-order valence-corrected chi connectivity index (χ0v) is 10.1. The van der Waals surface area contributed by atoms with Crippen molar-refractivity contribution in [2.45, 2.75) is 24.9 Å². The average Bonchev–Trinajstić information content (AvgIpc) is 2.34. The van der Waals surface area contributed by atoms with Gasteiger partial charge in [-0.3, -0.25) is 0 Å². The van der Waals surface area contributed by atoms with Gasteiger partial charge in [0.25, 0.3) is 0 Å². The molecular formula is C12H11F5O3. The summed E-state index contributed by atoms with van der Waals surface area (Å²) in [6, 6.07) is 5.07. The highest BCUT2D eigenvalue weighted by Gasteiger charge is 2.56. The van der Waals surface area contributed by atoms with E-state index in [1.54, 1.807) is 0 Å². The molecule has 1 rings (SSSR count). The van der Waals surface area contributed by atoms with E-state index in [0.29, 0.717) is 0 Å². The van der Waals surface area contributed by atoms with Crippen molar-refractivity contribution in [2.24, 2.45) is 0 Å². The quantitative estimate of drug-likeness (QED) is 0.643. The highest BCUT2D eigenvalue weighted by Crippen LogP contribution is 2.38. The molecule has 1 N–H and O–H groups in total. The maximum atomic E-state index is 12.6. The lowest BCUT2D eigenvalue weighted by Gasteiger charge is -2.19. The molecule has 0 aliphatic rings. The molecule has 8 heteroatoms. The number of carbonyl (C=O) groups is 1. The number of aromatic carboxylic acids is 1. The third kappa shape index (κ3) is 4.36. The lowest BCUT2D eigenvalue weighted by molar-refractivity contribution is -0.284. The molecule has 112 valence electrons. The second kappa shape index (κ2) is 6.06. The summed E-state index contributed by atoms with van der Waals surface area (Å²) in [6.07, 6.45) is -7.40. The lowest BCUT2D eigenvalue weighted by atomic mass is 10.2. The van der Waals surface area contributed by atoms with Gasteiger partial charge in [0.1, 0.15) is 5.75 Å². The summed E-state index contributed by atoms with van der Waals surface area (Å²) in [4.78, 5) is 10.5. The predicted octanol–water partition coefficient (Wildman–Crippen LogP) is 3.74. The second-order valence-corrected chi connectivity index (χ2v) is 3.98. The molecule has 0 atom stereocenters. The Hall–Kier alpha value is -1.86. The van der Waals surface area contributed by atoms with Crippen LogP contribution in [-0.4, -0.2) is 29.8 Å². The van der Waals surface area contributed by atoms with Crippen LogP contribution in [0.15, 0.2) is 24.3 Å². The Morgan fingerprint density at radius 2 is 1.65 bits per heavy atom. The van der Waals surface area contributed by atoms with Crippen molar-refractivity contribution < 1.29 is 36.6 Å². The Balaban J connectivity index is 2.40. The minimum Gasteiger partial charge on any atom is -0.494 e. The van der Waals surface area contributed by atoms with Crippen LogP contribution in [0.5, 0.6) is 5.75 Å². The number of rotatable bonds is 6. The molecule has 3 nitrogen and oxygen atoms in total. The topological polar surface area (TPSA) is 46.5 Å². The van der Waals surface area contributed by atoms with E-state index in [9.17, 15) is 26.7 Å². The minimum atomic E-state index is -5.56. The molecule has 0 aliphatic heterocycles. The van der Waals surface area contributed by atoms with Gasteiger partial charge in [-0.2, -0.15) is 22.0 Å². The van der Waals surface area contributed by atoms with Crippen LogP contribution in [0.4, 0.5) is 22.0 Å². The van der Waals surface area contributed by atoms with Gasteiger partial charge in [0.2, 0.25) is 0 Å². The zero-order chi connectivity index (χ0) is 15.4. The standard InChI is InChI=1S/C12H11F5O3/c13-11(14,12(15,16)17)6-1-7-20-9-4-2-8(3-5-9)10(18)19/h2-5H,1,6-7H2,(H,18,19). The van der Waals surface area contributed by atoms with E-state index in [4.69, 9.17) is 9.84 Å². The van der Waals surface area contributed by atoms with Gasteiger partial charge in [0, 0.05) is 6.42 Å². The Bertz CT molecular complexity index is 453. The Labute approximate surface area is 111 Å². The highest BCUT2D eigenvalue weighted by molar-refractivity contribution is 5.87. The maximum Gasteiger partial charge on any atom is 0.453 e. The predicted molar refractivity (Wildman–Crippen MR) is 59.1 cm³/mol. The molecule has 1 aromatic rings. The van der Waals surface area contributed by atoms with E-state index < -0.39 is 30.9 Å². The van der Waals surface area contributed by atoms with Crippen molar-refractivity contribution in [3.63, 3.8) is 0 Å². The van der Waals surface area contributed by atoms with Crippen molar-refractivity contribution in [2.75, 3.05) is 6.61 Å². The fourth-order valence-electron chi connectivity index (χ4n) is 1.32. The van der Waals surface area contributed by atoms with E-state index in [1.807, 2.05) is 0 Å². The Morgan fingerprint density at radius 1 is 1.10 bits per heavy atom. The number of hydrogen-bond donors (Lipinski definition) is 1. The van der Waals surface area contributed by atoms with Crippen molar-refractivity contribution in [1.29, 1.82) is 0 Å². The molecule has 1 aromatic carbocycles. The smallest absolute Gasteiger partial charge is 0.453 e. The summed E-state index contributed by atoms with van der Waals surface area (Å²) >= 11 is 0. The van der Waals surface area contributed by atoms with Crippen molar-refractivity contribution >= 4 is 5.97 Å². The molecule has 0 heterocycles. The molecule has 0 radical (unpaired) electrons. The first-order chi connectivity index (χ1) is 9.13. The third-order valence-electron chi connectivity index (χ3n) is 2.42. The van der Waals surface area contributed by atoms with Crippen LogP contribution in [0.25, 0.3) is 0 Å². The molecule has 0 bridgehead atoms. The summed E-state index contributed by atoms with van der Waals surface area (Å²) in [5.74, 6) is -5.67. The van der Waals surface area contributed by atoms with Gasteiger partial charge in [-0.15, -0.1) is 0 Å². The second-order valence-electron chi connectivity index (χ2n) is 3.98. The van der Waals surface area contributed by atoms with Crippen molar-refractivity contribution in [1.82, 2.24) is 0 Å². The Kier molecular flexibility index (Phi) is 4.91. The SMILES string of the molecule is O=C(O)c1ccc(OCCCC(F)(F)C(F)(F)F)cc1. The van der Waals surface area contributed by atoms with E-state index in [1.165, 1.54) is 24.3 Å². The first-order valence-corrected chi connectivity index (χ1v) is 5.54. The molecule has 0 aliphatic carbocycles.